The molecule has 6 nitrogen and oxygen atoms in total. The number of nitrogens with one attached hydrogen (secondary N) is 1. The molecular weight excluding hydrogens is 210 g/mol. The third kappa shape index (κ3) is 1.92. The summed E-state index contributed by atoms with van der Waals surface area (Å²) in [6.07, 6.45) is 3.54. The van der Waals surface area contributed by atoms with Crippen LogP contribution in [0.15, 0.2) is 4.52 Å². The van der Waals surface area contributed by atoms with E-state index in [1.54, 1.807) is 0 Å². The second-order valence-electron chi connectivity index (χ2n) is 4.22. The average molecular weight is 223 g/mol. The maximum atomic E-state index is 11.6. The number of anilines is 1. The minimum atomic E-state index is -0.365. The fraction of sp³-hybridized carbons (Fsp3) is 0.700. The number of ether oxygens (including phenoxy) is 1. The molecule has 0 unspecified atom stereocenters. The fourth-order valence-corrected chi connectivity index (χ4v) is 1.76. The van der Waals surface area contributed by atoms with Crippen LogP contribution in [0.5, 0.6) is 0 Å². The van der Waals surface area contributed by atoms with Gasteiger partial charge in [-0.25, -0.2) is 0 Å². The molecule has 1 atom stereocenters. The first-order valence-corrected chi connectivity index (χ1v) is 5.59. The summed E-state index contributed by atoms with van der Waals surface area (Å²) >= 11 is 0. The summed E-state index contributed by atoms with van der Waals surface area (Å²) in [4.78, 5) is 15.8. The number of rotatable bonds is 3. The molecular formula is C10H13N3O3. The number of amides is 1. The smallest absolute Gasteiger partial charge is 0.328 e. The van der Waals surface area contributed by atoms with Gasteiger partial charge in [0.1, 0.15) is 6.10 Å². The van der Waals surface area contributed by atoms with Crippen LogP contribution in [0.25, 0.3) is 0 Å². The molecule has 6 heteroatoms. The molecule has 1 aliphatic carbocycles. The van der Waals surface area contributed by atoms with Gasteiger partial charge in [-0.1, -0.05) is 5.16 Å². The van der Waals surface area contributed by atoms with Crippen molar-refractivity contribution >= 4 is 11.9 Å². The lowest BCUT2D eigenvalue weighted by molar-refractivity contribution is -0.124. The van der Waals surface area contributed by atoms with Crippen LogP contribution in [0.2, 0.25) is 0 Å². The number of aromatic nitrogens is 2. The Kier molecular flexibility index (Phi) is 2.36. The van der Waals surface area contributed by atoms with Gasteiger partial charge in [-0.15, -0.1) is 0 Å². The lowest BCUT2D eigenvalue weighted by Crippen LogP contribution is -2.26. The van der Waals surface area contributed by atoms with Crippen LogP contribution in [-0.2, 0) is 9.53 Å². The Morgan fingerprint density at radius 2 is 2.25 bits per heavy atom. The predicted octanol–water partition coefficient (Wildman–Crippen LogP) is 1.06. The van der Waals surface area contributed by atoms with Crippen LogP contribution in [0.4, 0.5) is 6.01 Å². The number of hydrogen-bond donors (Lipinski definition) is 1. The summed E-state index contributed by atoms with van der Waals surface area (Å²) in [5.74, 6) is 0.934. The molecule has 0 bridgehead atoms. The molecule has 2 aliphatic rings. The van der Waals surface area contributed by atoms with Crippen molar-refractivity contribution in [3.8, 4) is 0 Å². The van der Waals surface area contributed by atoms with Crippen molar-refractivity contribution in [3.63, 3.8) is 0 Å². The number of carbonyl (C=O) groups excluding carboxylic acids is 1. The third-order valence-corrected chi connectivity index (χ3v) is 2.84. The zero-order valence-corrected chi connectivity index (χ0v) is 8.81. The summed E-state index contributed by atoms with van der Waals surface area (Å²) in [7, 11) is 0. The van der Waals surface area contributed by atoms with Crippen molar-refractivity contribution in [2.24, 2.45) is 0 Å². The third-order valence-electron chi connectivity index (χ3n) is 2.84. The first-order valence-electron chi connectivity index (χ1n) is 5.59. The van der Waals surface area contributed by atoms with Crippen molar-refractivity contribution in [1.82, 2.24) is 10.1 Å². The molecule has 86 valence electrons. The normalized spacial score (nSPS) is 24.6. The van der Waals surface area contributed by atoms with Crippen LogP contribution in [0.3, 0.4) is 0 Å². The van der Waals surface area contributed by atoms with E-state index in [2.05, 4.69) is 15.5 Å². The van der Waals surface area contributed by atoms with E-state index < -0.39 is 0 Å². The molecule has 2 heterocycles. The van der Waals surface area contributed by atoms with Crippen molar-refractivity contribution in [3.05, 3.63) is 5.82 Å². The van der Waals surface area contributed by atoms with E-state index in [4.69, 9.17) is 9.26 Å². The summed E-state index contributed by atoms with van der Waals surface area (Å²) in [6, 6.07) is 0.183. The molecule has 0 aromatic carbocycles. The molecule has 1 amide bonds. The molecule has 1 aromatic heterocycles. The Morgan fingerprint density at radius 3 is 2.94 bits per heavy atom. The van der Waals surface area contributed by atoms with Crippen LogP contribution in [0, 0.1) is 0 Å². The van der Waals surface area contributed by atoms with Gasteiger partial charge in [0.15, 0.2) is 5.82 Å². The van der Waals surface area contributed by atoms with Gasteiger partial charge in [0.05, 0.1) is 0 Å². The quantitative estimate of drug-likeness (QED) is 0.829. The SMILES string of the molecule is O=C(Nc1nc(C2CC2)no1)[C@H]1CCCO1. The van der Waals surface area contributed by atoms with E-state index in [0.29, 0.717) is 18.3 Å². The second kappa shape index (κ2) is 3.86. The van der Waals surface area contributed by atoms with Crippen LogP contribution < -0.4 is 5.32 Å². The summed E-state index contributed by atoms with van der Waals surface area (Å²) in [5.41, 5.74) is 0. The first kappa shape index (κ1) is 9.77. The Labute approximate surface area is 92.3 Å². The first-order chi connectivity index (χ1) is 7.83. The Morgan fingerprint density at radius 1 is 1.38 bits per heavy atom. The molecule has 0 radical (unpaired) electrons. The van der Waals surface area contributed by atoms with Gasteiger partial charge in [0.2, 0.25) is 0 Å². The fourth-order valence-electron chi connectivity index (χ4n) is 1.76. The molecule has 1 aliphatic heterocycles. The zero-order chi connectivity index (χ0) is 11.0. The highest BCUT2D eigenvalue weighted by atomic mass is 16.5. The Hall–Kier alpha value is -1.43. The van der Waals surface area contributed by atoms with Crippen molar-refractivity contribution in [2.45, 2.75) is 37.7 Å². The van der Waals surface area contributed by atoms with E-state index in [1.165, 1.54) is 0 Å². The molecule has 16 heavy (non-hydrogen) atoms. The van der Waals surface area contributed by atoms with E-state index in [0.717, 1.165) is 25.7 Å². The largest absolute Gasteiger partial charge is 0.368 e. The lowest BCUT2D eigenvalue weighted by atomic mass is 10.2. The minimum absolute atomic E-state index is 0.183. The van der Waals surface area contributed by atoms with Crippen molar-refractivity contribution in [2.75, 3.05) is 11.9 Å². The Balaban J connectivity index is 1.61. The van der Waals surface area contributed by atoms with Gasteiger partial charge in [-0.05, 0) is 25.7 Å². The summed E-state index contributed by atoms with van der Waals surface area (Å²) in [6.45, 7) is 0.648. The monoisotopic (exact) mass is 223 g/mol. The molecule has 1 N–H and O–H groups in total. The number of carbonyl (C=O) groups is 1. The topological polar surface area (TPSA) is 77.3 Å². The van der Waals surface area contributed by atoms with Crippen molar-refractivity contribution in [1.29, 1.82) is 0 Å². The average Bonchev–Trinajstić information content (AvgIpc) is 2.82. The molecule has 3 rings (SSSR count). The minimum Gasteiger partial charge on any atom is -0.368 e. The van der Waals surface area contributed by atoms with Gasteiger partial charge >= 0.3 is 6.01 Å². The van der Waals surface area contributed by atoms with Crippen LogP contribution >= 0.6 is 0 Å². The molecule has 2 fully saturated rings. The van der Waals surface area contributed by atoms with Gasteiger partial charge in [-0.2, -0.15) is 4.98 Å². The highest BCUT2D eigenvalue weighted by Crippen LogP contribution is 2.38. The number of nitrogens with zero attached hydrogens (tertiary/aromatic N) is 2. The number of hydrogen-bond acceptors (Lipinski definition) is 5. The highest BCUT2D eigenvalue weighted by Gasteiger charge is 2.30. The van der Waals surface area contributed by atoms with Gasteiger partial charge in [-0.3, -0.25) is 10.1 Å². The predicted molar refractivity (Wildman–Crippen MR) is 53.9 cm³/mol. The van der Waals surface area contributed by atoms with E-state index in [9.17, 15) is 4.79 Å². The van der Waals surface area contributed by atoms with E-state index in [-0.39, 0.29) is 18.0 Å². The van der Waals surface area contributed by atoms with Gasteiger partial charge < -0.3 is 9.26 Å². The Bertz CT molecular complexity index is 394. The standard InChI is InChI=1S/C10H13N3O3/c14-9(7-2-1-5-15-7)12-10-11-8(13-16-10)6-3-4-6/h6-7H,1-5H2,(H,11,12,13,14)/t7-/m1/s1. The maximum Gasteiger partial charge on any atom is 0.328 e. The maximum absolute atomic E-state index is 11.6. The van der Waals surface area contributed by atoms with Crippen molar-refractivity contribution < 1.29 is 14.1 Å². The van der Waals surface area contributed by atoms with Crippen LogP contribution in [-0.4, -0.2) is 28.8 Å². The van der Waals surface area contributed by atoms with Crippen LogP contribution in [0.1, 0.15) is 37.4 Å². The molecule has 1 saturated heterocycles. The zero-order valence-electron chi connectivity index (χ0n) is 8.81. The highest BCUT2D eigenvalue weighted by molar-refractivity contribution is 5.92. The van der Waals surface area contributed by atoms with E-state index in [1.807, 2.05) is 0 Å². The molecule has 1 aromatic rings. The molecule has 1 saturated carbocycles. The summed E-state index contributed by atoms with van der Waals surface area (Å²) < 4.78 is 10.2. The lowest BCUT2D eigenvalue weighted by Gasteiger charge is -2.06. The van der Waals surface area contributed by atoms with E-state index >= 15 is 0 Å². The molecule has 0 spiro atoms. The van der Waals surface area contributed by atoms with Gasteiger partial charge in [0, 0.05) is 12.5 Å². The van der Waals surface area contributed by atoms with Gasteiger partial charge in [0.25, 0.3) is 5.91 Å². The summed E-state index contributed by atoms with van der Waals surface area (Å²) in [5, 5.41) is 6.40. The second-order valence-corrected chi connectivity index (χ2v) is 4.22.